The van der Waals surface area contributed by atoms with Gasteiger partial charge in [0, 0.05) is 30.1 Å². The number of hydrogen-bond donors (Lipinski definition) is 1. The third kappa shape index (κ3) is 4.04. The second kappa shape index (κ2) is 7.22. The second-order valence-corrected chi connectivity index (χ2v) is 6.22. The van der Waals surface area contributed by atoms with Gasteiger partial charge in [0.25, 0.3) is 0 Å². The van der Waals surface area contributed by atoms with E-state index in [0.29, 0.717) is 12.0 Å². The van der Waals surface area contributed by atoms with Crippen LogP contribution in [0.3, 0.4) is 0 Å². The molecule has 3 nitrogen and oxygen atoms in total. The molecule has 1 unspecified atom stereocenters. The predicted molar refractivity (Wildman–Crippen MR) is 78.3 cm³/mol. The van der Waals surface area contributed by atoms with E-state index in [1.807, 2.05) is 6.20 Å². The van der Waals surface area contributed by atoms with Crippen molar-refractivity contribution >= 4 is 11.3 Å². The molecule has 1 aromatic rings. The Kier molecular flexibility index (Phi) is 5.60. The minimum atomic E-state index is 0.540. The molecule has 0 amide bonds. The van der Waals surface area contributed by atoms with Crippen molar-refractivity contribution in [1.82, 2.24) is 15.2 Å². The van der Waals surface area contributed by atoms with Gasteiger partial charge in [-0.25, -0.2) is 4.98 Å². The zero-order valence-electron chi connectivity index (χ0n) is 11.6. The van der Waals surface area contributed by atoms with Crippen LogP contribution in [0.4, 0.5) is 0 Å². The average Bonchev–Trinajstić information content (AvgIpc) is 2.92. The fourth-order valence-electron chi connectivity index (χ4n) is 2.59. The molecule has 1 atom stereocenters. The normalized spacial score (nSPS) is 20.1. The topological polar surface area (TPSA) is 28.2 Å². The molecule has 1 aliphatic heterocycles. The Morgan fingerprint density at radius 2 is 2.28 bits per heavy atom. The van der Waals surface area contributed by atoms with Crippen LogP contribution in [-0.2, 0) is 0 Å². The number of rotatable bonds is 6. The van der Waals surface area contributed by atoms with Gasteiger partial charge in [0.1, 0.15) is 0 Å². The summed E-state index contributed by atoms with van der Waals surface area (Å²) in [5.74, 6) is 0.540. The number of nitrogens with zero attached hydrogens (tertiary/aromatic N) is 2. The number of likely N-dealkylation sites (tertiary alicyclic amines) is 1. The average molecular weight is 267 g/mol. The molecular weight excluding hydrogens is 242 g/mol. The van der Waals surface area contributed by atoms with Crippen molar-refractivity contribution in [3.05, 3.63) is 16.6 Å². The van der Waals surface area contributed by atoms with E-state index in [1.165, 1.54) is 43.9 Å². The molecule has 102 valence electrons. The van der Waals surface area contributed by atoms with E-state index in [0.717, 1.165) is 6.54 Å². The SMILES string of the molecule is CCCN1CCC(NCC(C)c2nccs2)CC1. The van der Waals surface area contributed by atoms with Gasteiger partial charge in [0.15, 0.2) is 0 Å². The molecule has 0 saturated carbocycles. The summed E-state index contributed by atoms with van der Waals surface area (Å²) in [6.45, 7) is 9.38. The Bertz CT molecular complexity index is 318. The molecule has 4 heteroatoms. The van der Waals surface area contributed by atoms with Crippen LogP contribution in [0.5, 0.6) is 0 Å². The van der Waals surface area contributed by atoms with E-state index < -0.39 is 0 Å². The zero-order valence-corrected chi connectivity index (χ0v) is 12.4. The first-order valence-corrected chi connectivity index (χ1v) is 8.02. The number of nitrogens with one attached hydrogen (secondary N) is 1. The van der Waals surface area contributed by atoms with Gasteiger partial charge in [0.05, 0.1) is 5.01 Å². The molecule has 1 N–H and O–H groups in total. The van der Waals surface area contributed by atoms with E-state index in [9.17, 15) is 0 Å². The lowest BCUT2D eigenvalue weighted by atomic mass is 10.0. The highest BCUT2D eigenvalue weighted by atomic mass is 32.1. The number of thiazole rings is 1. The molecule has 0 bridgehead atoms. The van der Waals surface area contributed by atoms with Gasteiger partial charge < -0.3 is 10.2 Å². The minimum absolute atomic E-state index is 0.540. The van der Waals surface area contributed by atoms with E-state index in [2.05, 4.69) is 34.4 Å². The maximum absolute atomic E-state index is 4.39. The maximum Gasteiger partial charge on any atom is 0.0965 e. The fraction of sp³-hybridized carbons (Fsp3) is 0.786. The van der Waals surface area contributed by atoms with E-state index in [-0.39, 0.29) is 0 Å². The van der Waals surface area contributed by atoms with Gasteiger partial charge in [0.2, 0.25) is 0 Å². The summed E-state index contributed by atoms with van der Waals surface area (Å²) in [6, 6.07) is 0.709. The molecule has 18 heavy (non-hydrogen) atoms. The van der Waals surface area contributed by atoms with Crippen LogP contribution >= 0.6 is 11.3 Å². The van der Waals surface area contributed by atoms with Crippen molar-refractivity contribution in [1.29, 1.82) is 0 Å². The highest BCUT2D eigenvalue weighted by Crippen LogP contribution is 2.18. The van der Waals surface area contributed by atoms with E-state index >= 15 is 0 Å². The predicted octanol–water partition coefficient (Wildman–Crippen LogP) is 2.71. The van der Waals surface area contributed by atoms with Crippen LogP contribution in [0.2, 0.25) is 0 Å². The summed E-state index contributed by atoms with van der Waals surface area (Å²) in [5, 5.41) is 7.03. The number of aromatic nitrogens is 1. The lowest BCUT2D eigenvalue weighted by Gasteiger charge is -2.32. The van der Waals surface area contributed by atoms with Gasteiger partial charge in [-0.15, -0.1) is 11.3 Å². The third-order valence-corrected chi connectivity index (χ3v) is 4.72. The summed E-state index contributed by atoms with van der Waals surface area (Å²) < 4.78 is 0. The summed E-state index contributed by atoms with van der Waals surface area (Å²) >= 11 is 1.77. The first-order chi connectivity index (χ1) is 8.79. The highest BCUT2D eigenvalue weighted by molar-refractivity contribution is 7.09. The first-order valence-electron chi connectivity index (χ1n) is 7.14. The van der Waals surface area contributed by atoms with Crippen LogP contribution in [0, 0.1) is 0 Å². The van der Waals surface area contributed by atoms with Gasteiger partial charge in [-0.05, 0) is 38.9 Å². The van der Waals surface area contributed by atoms with Crippen molar-refractivity contribution < 1.29 is 0 Å². The van der Waals surface area contributed by atoms with Gasteiger partial charge in [-0.2, -0.15) is 0 Å². The standard InChI is InChI=1S/C14H25N3S/c1-3-7-17-8-4-13(5-9-17)16-11-12(2)14-15-6-10-18-14/h6,10,12-13,16H,3-5,7-9,11H2,1-2H3. The molecule has 1 saturated heterocycles. The van der Waals surface area contributed by atoms with Crippen molar-refractivity contribution in [3.8, 4) is 0 Å². The molecule has 1 fully saturated rings. The lowest BCUT2D eigenvalue weighted by Crippen LogP contribution is -2.43. The quantitative estimate of drug-likeness (QED) is 0.859. The van der Waals surface area contributed by atoms with Crippen molar-refractivity contribution in [2.75, 3.05) is 26.2 Å². The Labute approximate surface area is 115 Å². The second-order valence-electron chi connectivity index (χ2n) is 5.30. The highest BCUT2D eigenvalue weighted by Gasteiger charge is 2.19. The molecule has 2 heterocycles. The molecule has 2 rings (SSSR count). The summed E-state index contributed by atoms with van der Waals surface area (Å²) in [4.78, 5) is 6.97. The number of hydrogen-bond acceptors (Lipinski definition) is 4. The van der Waals surface area contributed by atoms with Crippen molar-refractivity contribution in [3.63, 3.8) is 0 Å². The fourth-order valence-corrected chi connectivity index (χ4v) is 3.28. The van der Waals surface area contributed by atoms with Crippen LogP contribution in [0.25, 0.3) is 0 Å². The molecule has 1 aromatic heterocycles. The Morgan fingerprint density at radius 3 is 2.89 bits per heavy atom. The summed E-state index contributed by atoms with van der Waals surface area (Å²) in [6.07, 6.45) is 5.77. The largest absolute Gasteiger partial charge is 0.313 e. The molecule has 0 radical (unpaired) electrons. The van der Waals surface area contributed by atoms with Crippen LogP contribution in [-0.4, -0.2) is 42.1 Å². The molecule has 0 aliphatic carbocycles. The molecule has 0 spiro atoms. The maximum atomic E-state index is 4.39. The third-order valence-electron chi connectivity index (χ3n) is 3.71. The number of piperidine rings is 1. The minimum Gasteiger partial charge on any atom is -0.313 e. The van der Waals surface area contributed by atoms with Crippen molar-refractivity contribution in [2.45, 2.75) is 45.1 Å². The van der Waals surface area contributed by atoms with Crippen LogP contribution < -0.4 is 5.32 Å². The summed E-state index contributed by atoms with van der Waals surface area (Å²) in [7, 11) is 0. The first kappa shape index (κ1) is 14.0. The van der Waals surface area contributed by atoms with Crippen molar-refractivity contribution in [2.24, 2.45) is 0 Å². The monoisotopic (exact) mass is 267 g/mol. The van der Waals surface area contributed by atoms with Crippen LogP contribution in [0.1, 0.15) is 44.0 Å². The Morgan fingerprint density at radius 1 is 1.50 bits per heavy atom. The van der Waals surface area contributed by atoms with Gasteiger partial charge in [-0.1, -0.05) is 13.8 Å². The Balaban J connectivity index is 1.66. The van der Waals surface area contributed by atoms with E-state index in [1.54, 1.807) is 11.3 Å². The van der Waals surface area contributed by atoms with E-state index in [4.69, 9.17) is 0 Å². The summed E-state index contributed by atoms with van der Waals surface area (Å²) in [5.41, 5.74) is 0. The van der Waals surface area contributed by atoms with Crippen LogP contribution in [0.15, 0.2) is 11.6 Å². The molecule has 1 aliphatic rings. The zero-order chi connectivity index (χ0) is 12.8. The Hall–Kier alpha value is -0.450. The smallest absolute Gasteiger partial charge is 0.0965 e. The molecular formula is C14H25N3S. The van der Waals surface area contributed by atoms with Gasteiger partial charge >= 0.3 is 0 Å². The molecule has 0 aromatic carbocycles. The van der Waals surface area contributed by atoms with Gasteiger partial charge in [-0.3, -0.25) is 0 Å². The lowest BCUT2D eigenvalue weighted by molar-refractivity contribution is 0.197.